The minimum Gasteiger partial charge on any atom is -0.324 e. The lowest BCUT2D eigenvalue weighted by Crippen LogP contribution is -2.41. The van der Waals surface area contributed by atoms with E-state index in [9.17, 15) is 14.0 Å². The number of rotatable bonds is 4. The van der Waals surface area contributed by atoms with Gasteiger partial charge in [0.15, 0.2) is 0 Å². The van der Waals surface area contributed by atoms with E-state index in [1.807, 2.05) is 18.2 Å². The van der Waals surface area contributed by atoms with Crippen LogP contribution in [0.1, 0.15) is 39.1 Å². The van der Waals surface area contributed by atoms with Crippen LogP contribution in [0.5, 0.6) is 0 Å². The lowest BCUT2D eigenvalue weighted by atomic mass is 9.99. The number of likely N-dealkylation sites (tertiary alicyclic amines) is 1. The van der Waals surface area contributed by atoms with E-state index in [4.69, 9.17) is 0 Å². The van der Waals surface area contributed by atoms with E-state index in [-0.39, 0.29) is 28.7 Å². The van der Waals surface area contributed by atoms with Gasteiger partial charge in [0.2, 0.25) is 5.01 Å². The van der Waals surface area contributed by atoms with Gasteiger partial charge in [0.25, 0.3) is 5.91 Å². The van der Waals surface area contributed by atoms with Crippen LogP contribution in [0.3, 0.4) is 0 Å². The fourth-order valence-electron chi connectivity index (χ4n) is 3.43. The first-order valence-electron chi connectivity index (χ1n) is 10.0. The highest BCUT2D eigenvalue weighted by Gasteiger charge is 2.28. The summed E-state index contributed by atoms with van der Waals surface area (Å²) < 4.78 is 13.7. The predicted molar refractivity (Wildman–Crippen MR) is 118 cm³/mol. The van der Waals surface area contributed by atoms with Gasteiger partial charge in [-0.05, 0) is 49.6 Å². The van der Waals surface area contributed by atoms with Gasteiger partial charge in [-0.2, -0.15) is 0 Å². The maximum Gasteiger partial charge on any atom is 0.321 e. The highest BCUT2D eigenvalue weighted by Crippen LogP contribution is 2.30. The molecule has 0 aliphatic carbocycles. The standard InChI is InChI=1S/C22H22FN5O2S/c1-14-9-10-17(12-18(14)23)25-22(30)28-11-5-6-15(13-28)20-26-27-21(31-20)19(29)24-16-7-3-2-4-8-16/h2-4,7-10,12,15H,5-6,11,13H2,1H3,(H,24,29)(H,25,30)/t15-/m0/s1. The van der Waals surface area contributed by atoms with Gasteiger partial charge in [-0.25, -0.2) is 9.18 Å². The van der Waals surface area contributed by atoms with E-state index in [0.717, 1.165) is 17.8 Å². The van der Waals surface area contributed by atoms with Crippen LogP contribution in [-0.2, 0) is 0 Å². The summed E-state index contributed by atoms with van der Waals surface area (Å²) in [5.74, 6) is -0.656. The number of halogens is 1. The lowest BCUT2D eigenvalue weighted by Gasteiger charge is -2.31. The smallest absolute Gasteiger partial charge is 0.321 e. The van der Waals surface area contributed by atoms with E-state index in [0.29, 0.717) is 30.0 Å². The molecule has 0 bridgehead atoms. The van der Waals surface area contributed by atoms with Gasteiger partial charge >= 0.3 is 6.03 Å². The van der Waals surface area contributed by atoms with Crippen LogP contribution < -0.4 is 10.6 Å². The number of hydrogen-bond acceptors (Lipinski definition) is 5. The number of para-hydroxylation sites is 1. The van der Waals surface area contributed by atoms with E-state index >= 15 is 0 Å². The normalized spacial score (nSPS) is 16.1. The number of piperidine rings is 1. The topological polar surface area (TPSA) is 87.2 Å². The summed E-state index contributed by atoms with van der Waals surface area (Å²) in [6.45, 7) is 2.75. The van der Waals surface area contributed by atoms with Crippen molar-refractivity contribution in [2.75, 3.05) is 23.7 Å². The Morgan fingerprint density at radius 3 is 2.68 bits per heavy atom. The molecule has 160 valence electrons. The highest BCUT2D eigenvalue weighted by molar-refractivity contribution is 7.13. The number of urea groups is 1. The van der Waals surface area contributed by atoms with Crippen LogP contribution in [-0.4, -0.2) is 40.1 Å². The molecule has 1 aromatic heterocycles. The van der Waals surface area contributed by atoms with E-state index in [1.54, 1.807) is 36.1 Å². The predicted octanol–water partition coefficient (Wildman–Crippen LogP) is 4.65. The SMILES string of the molecule is Cc1ccc(NC(=O)N2CCC[C@H](c3nnc(C(=O)Nc4ccccc4)s3)C2)cc1F. The van der Waals surface area contributed by atoms with Crippen LogP contribution in [0.2, 0.25) is 0 Å². The number of anilines is 2. The molecule has 1 fully saturated rings. The monoisotopic (exact) mass is 439 g/mol. The number of amides is 3. The van der Waals surface area contributed by atoms with Gasteiger partial charge in [0.05, 0.1) is 0 Å². The number of aryl methyl sites for hydroxylation is 1. The number of benzene rings is 2. The Bertz CT molecular complexity index is 1090. The van der Waals surface area contributed by atoms with Gasteiger partial charge in [-0.1, -0.05) is 35.6 Å². The minimum absolute atomic E-state index is 0.00466. The largest absolute Gasteiger partial charge is 0.324 e. The molecule has 31 heavy (non-hydrogen) atoms. The van der Waals surface area contributed by atoms with Gasteiger partial charge in [0.1, 0.15) is 10.8 Å². The molecule has 9 heteroatoms. The minimum atomic E-state index is -0.357. The molecule has 1 aliphatic heterocycles. The number of carbonyl (C=O) groups is 2. The first-order chi connectivity index (χ1) is 15.0. The summed E-state index contributed by atoms with van der Waals surface area (Å²) in [7, 11) is 0. The van der Waals surface area contributed by atoms with Crippen molar-refractivity contribution in [2.45, 2.75) is 25.7 Å². The third-order valence-corrected chi connectivity index (χ3v) is 6.23. The zero-order valence-electron chi connectivity index (χ0n) is 17.0. The first-order valence-corrected chi connectivity index (χ1v) is 10.8. The molecule has 3 amide bonds. The Kier molecular flexibility index (Phi) is 6.22. The zero-order valence-corrected chi connectivity index (χ0v) is 17.8. The van der Waals surface area contributed by atoms with Crippen molar-refractivity contribution in [1.29, 1.82) is 0 Å². The molecular weight excluding hydrogens is 417 g/mol. The van der Waals surface area contributed by atoms with Crippen molar-refractivity contribution < 1.29 is 14.0 Å². The second-order valence-corrected chi connectivity index (χ2v) is 8.45. The van der Waals surface area contributed by atoms with Crippen LogP contribution in [0, 0.1) is 12.7 Å². The maximum atomic E-state index is 13.7. The molecule has 0 spiro atoms. The fourth-order valence-corrected chi connectivity index (χ4v) is 4.30. The van der Waals surface area contributed by atoms with Crippen LogP contribution in [0.25, 0.3) is 0 Å². The van der Waals surface area contributed by atoms with Crippen molar-refractivity contribution >= 4 is 34.6 Å². The second kappa shape index (κ2) is 9.22. The number of nitrogens with zero attached hydrogens (tertiary/aromatic N) is 3. The van der Waals surface area contributed by atoms with Gasteiger partial charge in [-0.15, -0.1) is 10.2 Å². The molecule has 1 aliphatic rings. The van der Waals surface area contributed by atoms with E-state index in [2.05, 4.69) is 20.8 Å². The molecule has 1 saturated heterocycles. The summed E-state index contributed by atoms with van der Waals surface area (Å²) >= 11 is 1.25. The number of nitrogens with one attached hydrogen (secondary N) is 2. The van der Waals surface area contributed by atoms with E-state index in [1.165, 1.54) is 17.4 Å². The summed E-state index contributed by atoms with van der Waals surface area (Å²) in [4.78, 5) is 26.8. The molecule has 0 radical (unpaired) electrons. The highest BCUT2D eigenvalue weighted by atomic mass is 32.1. The molecule has 3 aromatic rings. The van der Waals surface area contributed by atoms with Gasteiger partial charge < -0.3 is 15.5 Å². The summed E-state index contributed by atoms with van der Waals surface area (Å²) in [6.07, 6.45) is 1.67. The third kappa shape index (κ3) is 5.05. The van der Waals surface area contributed by atoms with Crippen LogP contribution >= 0.6 is 11.3 Å². The third-order valence-electron chi connectivity index (χ3n) is 5.15. The summed E-state index contributed by atoms with van der Waals surface area (Å²) in [5, 5.41) is 14.8. The van der Waals surface area contributed by atoms with Crippen molar-refractivity contribution in [2.24, 2.45) is 0 Å². The molecule has 2 heterocycles. The molecule has 2 N–H and O–H groups in total. The molecule has 0 unspecified atom stereocenters. The Balaban J connectivity index is 1.38. The van der Waals surface area contributed by atoms with Crippen molar-refractivity contribution in [3.63, 3.8) is 0 Å². The second-order valence-electron chi connectivity index (χ2n) is 7.44. The molecule has 0 saturated carbocycles. The molecule has 4 rings (SSSR count). The Morgan fingerprint density at radius 1 is 1.10 bits per heavy atom. The Hall–Kier alpha value is -3.33. The molecule has 1 atom stereocenters. The van der Waals surface area contributed by atoms with Crippen molar-refractivity contribution in [3.8, 4) is 0 Å². The molecular formula is C22H22FN5O2S. The number of aromatic nitrogens is 2. The van der Waals surface area contributed by atoms with Crippen LogP contribution in [0.4, 0.5) is 20.6 Å². The number of hydrogen-bond donors (Lipinski definition) is 2. The van der Waals surface area contributed by atoms with E-state index < -0.39 is 0 Å². The lowest BCUT2D eigenvalue weighted by molar-refractivity contribution is 0.102. The Morgan fingerprint density at radius 2 is 1.90 bits per heavy atom. The van der Waals surface area contributed by atoms with Crippen molar-refractivity contribution in [3.05, 3.63) is 69.9 Å². The van der Waals surface area contributed by atoms with Gasteiger partial charge in [0, 0.05) is 30.4 Å². The average Bonchev–Trinajstić information content (AvgIpc) is 3.28. The zero-order chi connectivity index (χ0) is 21.8. The fraction of sp³-hybridized carbons (Fsp3) is 0.273. The average molecular weight is 440 g/mol. The first kappa shape index (κ1) is 20.9. The number of carbonyl (C=O) groups excluding carboxylic acids is 2. The quantitative estimate of drug-likeness (QED) is 0.620. The van der Waals surface area contributed by atoms with Gasteiger partial charge in [-0.3, -0.25) is 4.79 Å². The van der Waals surface area contributed by atoms with Crippen molar-refractivity contribution in [1.82, 2.24) is 15.1 Å². The summed E-state index contributed by atoms with van der Waals surface area (Å²) in [5.41, 5.74) is 1.64. The summed E-state index contributed by atoms with van der Waals surface area (Å²) in [6, 6.07) is 13.5. The molecule has 2 aromatic carbocycles. The molecule has 7 nitrogen and oxygen atoms in total. The Labute approximate surface area is 183 Å². The maximum absolute atomic E-state index is 13.7. The van der Waals surface area contributed by atoms with Crippen LogP contribution in [0.15, 0.2) is 48.5 Å².